The third kappa shape index (κ3) is 3.81. The van der Waals surface area contributed by atoms with Crippen LogP contribution in [0.1, 0.15) is 12.0 Å². The van der Waals surface area contributed by atoms with Gasteiger partial charge < -0.3 is 14.8 Å². The maximum atomic E-state index is 8.41. The number of nitriles is 1. The lowest BCUT2D eigenvalue weighted by Crippen LogP contribution is -2.14. The van der Waals surface area contributed by atoms with E-state index in [2.05, 4.69) is 11.4 Å². The molecule has 0 radical (unpaired) electrons. The Bertz CT molecular complexity index is 416. The van der Waals surface area contributed by atoms with Gasteiger partial charge in [0.1, 0.15) is 0 Å². The molecule has 1 rings (SSSR count). The highest BCUT2D eigenvalue weighted by Gasteiger charge is 2.10. The van der Waals surface area contributed by atoms with Crippen molar-refractivity contribution < 1.29 is 9.47 Å². The van der Waals surface area contributed by atoms with Gasteiger partial charge in [0.25, 0.3) is 0 Å². The zero-order chi connectivity index (χ0) is 12.7. The van der Waals surface area contributed by atoms with E-state index in [1.54, 1.807) is 14.2 Å². The Kier molecular flexibility index (Phi) is 5.61. The zero-order valence-corrected chi connectivity index (χ0v) is 10.7. The van der Waals surface area contributed by atoms with Crippen LogP contribution < -0.4 is 14.8 Å². The molecule has 1 N–H and O–H groups in total. The molecule has 0 aliphatic carbocycles. The molecule has 0 heterocycles. The second-order valence-corrected chi connectivity index (χ2v) is 3.81. The van der Waals surface area contributed by atoms with Crippen molar-refractivity contribution >= 4 is 11.6 Å². The first-order chi connectivity index (χ1) is 8.22. The maximum absolute atomic E-state index is 8.41. The summed E-state index contributed by atoms with van der Waals surface area (Å²) in [5.41, 5.74) is 0.991. The van der Waals surface area contributed by atoms with Crippen LogP contribution in [0.3, 0.4) is 0 Å². The summed E-state index contributed by atoms with van der Waals surface area (Å²) in [6.07, 6.45) is 0.487. The highest BCUT2D eigenvalue weighted by Crippen LogP contribution is 2.35. The lowest BCUT2D eigenvalue weighted by atomic mass is 10.2. The van der Waals surface area contributed by atoms with Crippen LogP contribution in [0.4, 0.5) is 0 Å². The van der Waals surface area contributed by atoms with Gasteiger partial charge in [0.2, 0.25) is 0 Å². The Hall–Kier alpha value is -1.44. The number of benzene rings is 1. The number of nitrogens with one attached hydrogen (secondary N) is 1. The van der Waals surface area contributed by atoms with Gasteiger partial charge in [0.05, 0.1) is 25.3 Å². The predicted octanol–water partition coefficient (Wildman–Crippen LogP) is 2.36. The lowest BCUT2D eigenvalue weighted by molar-refractivity contribution is 0.354. The van der Waals surface area contributed by atoms with E-state index in [0.717, 1.165) is 5.56 Å². The molecule has 0 bridgehead atoms. The summed E-state index contributed by atoms with van der Waals surface area (Å²) >= 11 is 6.07. The minimum Gasteiger partial charge on any atom is -0.493 e. The molecule has 4 nitrogen and oxygen atoms in total. The smallest absolute Gasteiger partial charge is 0.179 e. The van der Waals surface area contributed by atoms with E-state index >= 15 is 0 Å². The van der Waals surface area contributed by atoms with Crippen LogP contribution in [0.25, 0.3) is 0 Å². The quantitative estimate of drug-likeness (QED) is 0.792. The van der Waals surface area contributed by atoms with Crippen LogP contribution in [0.5, 0.6) is 11.5 Å². The summed E-state index contributed by atoms with van der Waals surface area (Å²) in [7, 11) is 3.12. The van der Waals surface area contributed by atoms with Crippen molar-refractivity contribution in [3.63, 3.8) is 0 Å². The van der Waals surface area contributed by atoms with Gasteiger partial charge in [-0.2, -0.15) is 5.26 Å². The molecule has 1 aromatic rings. The molecule has 0 spiro atoms. The van der Waals surface area contributed by atoms with Crippen LogP contribution in [0.2, 0.25) is 5.02 Å². The molecular formula is C12H15ClN2O2. The van der Waals surface area contributed by atoms with Crippen molar-refractivity contribution in [3.05, 3.63) is 22.7 Å². The molecule has 0 amide bonds. The predicted molar refractivity (Wildman–Crippen MR) is 66.5 cm³/mol. The van der Waals surface area contributed by atoms with Gasteiger partial charge in [-0.3, -0.25) is 0 Å². The van der Waals surface area contributed by atoms with Crippen LogP contribution in [0.15, 0.2) is 12.1 Å². The number of nitrogens with zero attached hydrogens (tertiary/aromatic N) is 1. The molecule has 0 atom stereocenters. The Labute approximate surface area is 106 Å². The summed E-state index contributed by atoms with van der Waals surface area (Å²) in [5, 5.41) is 12.1. The lowest BCUT2D eigenvalue weighted by Gasteiger charge is -2.12. The molecule has 0 saturated carbocycles. The van der Waals surface area contributed by atoms with Gasteiger partial charge in [0, 0.05) is 19.5 Å². The van der Waals surface area contributed by atoms with Gasteiger partial charge >= 0.3 is 0 Å². The van der Waals surface area contributed by atoms with Crippen LogP contribution in [0, 0.1) is 11.3 Å². The standard InChI is InChI=1S/C12H15ClN2O2/c1-16-11-7-9(8-15-5-3-4-14)6-10(13)12(11)17-2/h6-7,15H,3,5,8H2,1-2H3. The molecule has 5 heteroatoms. The minimum atomic E-state index is 0.487. The first-order valence-electron chi connectivity index (χ1n) is 5.21. The molecule has 17 heavy (non-hydrogen) atoms. The monoisotopic (exact) mass is 254 g/mol. The van der Waals surface area contributed by atoms with Crippen molar-refractivity contribution in [1.29, 1.82) is 5.26 Å². The van der Waals surface area contributed by atoms with E-state index in [4.69, 9.17) is 26.3 Å². The first kappa shape index (κ1) is 13.6. The van der Waals surface area contributed by atoms with E-state index in [1.165, 1.54) is 0 Å². The molecular weight excluding hydrogens is 240 g/mol. The van der Waals surface area contributed by atoms with E-state index in [1.807, 2.05) is 12.1 Å². The fraction of sp³-hybridized carbons (Fsp3) is 0.417. The fourth-order valence-electron chi connectivity index (χ4n) is 1.45. The summed E-state index contributed by atoms with van der Waals surface area (Å²) in [4.78, 5) is 0. The van der Waals surface area contributed by atoms with Gasteiger partial charge in [-0.15, -0.1) is 0 Å². The molecule has 0 aliphatic rings. The fourth-order valence-corrected chi connectivity index (χ4v) is 1.76. The molecule has 0 saturated heterocycles. The molecule has 0 fully saturated rings. The Morgan fingerprint density at radius 3 is 2.71 bits per heavy atom. The van der Waals surface area contributed by atoms with Gasteiger partial charge in [-0.05, 0) is 17.7 Å². The van der Waals surface area contributed by atoms with Crippen molar-refractivity contribution in [1.82, 2.24) is 5.32 Å². The molecule has 1 aromatic carbocycles. The van der Waals surface area contributed by atoms with Crippen LogP contribution in [-0.4, -0.2) is 20.8 Å². The third-order valence-corrected chi connectivity index (χ3v) is 2.52. The SMILES string of the molecule is COc1cc(CNCCC#N)cc(Cl)c1OC. The van der Waals surface area contributed by atoms with E-state index in [-0.39, 0.29) is 0 Å². The van der Waals surface area contributed by atoms with Gasteiger partial charge in [0.15, 0.2) is 11.5 Å². The second-order valence-electron chi connectivity index (χ2n) is 3.40. The zero-order valence-electron chi connectivity index (χ0n) is 9.92. The Morgan fingerprint density at radius 2 is 2.12 bits per heavy atom. The van der Waals surface area contributed by atoms with E-state index < -0.39 is 0 Å². The Balaban J connectivity index is 2.74. The number of methoxy groups -OCH3 is 2. The van der Waals surface area contributed by atoms with E-state index in [9.17, 15) is 0 Å². The highest BCUT2D eigenvalue weighted by atomic mass is 35.5. The number of rotatable bonds is 6. The van der Waals surface area contributed by atoms with Crippen molar-refractivity contribution in [3.8, 4) is 17.6 Å². The first-order valence-corrected chi connectivity index (χ1v) is 5.58. The number of hydrogen-bond acceptors (Lipinski definition) is 4. The normalized spacial score (nSPS) is 9.76. The number of hydrogen-bond donors (Lipinski definition) is 1. The second kappa shape index (κ2) is 7.00. The average molecular weight is 255 g/mol. The van der Waals surface area contributed by atoms with Crippen LogP contribution >= 0.6 is 11.6 Å². The molecule has 92 valence electrons. The van der Waals surface area contributed by atoms with Crippen molar-refractivity contribution in [2.75, 3.05) is 20.8 Å². The summed E-state index contributed by atoms with van der Waals surface area (Å²) in [5.74, 6) is 1.15. The summed E-state index contributed by atoms with van der Waals surface area (Å²) in [6, 6.07) is 5.76. The Morgan fingerprint density at radius 1 is 1.35 bits per heavy atom. The molecule has 0 aromatic heterocycles. The number of ether oxygens (including phenoxy) is 2. The largest absolute Gasteiger partial charge is 0.493 e. The topological polar surface area (TPSA) is 54.3 Å². The maximum Gasteiger partial charge on any atom is 0.179 e. The van der Waals surface area contributed by atoms with Gasteiger partial charge in [-0.1, -0.05) is 11.6 Å². The average Bonchev–Trinajstić information content (AvgIpc) is 2.34. The van der Waals surface area contributed by atoms with Crippen molar-refractivity contribution in [2.24, 2.45) is 0 Å². The van der Waals surface area contributed by atoms with E-state index in [0.29, 0.717) is 36.0 Å². The molecule has 0 aliphatic heterocycles. The third-order valence-electron chi connectivity index (χ3n) is 2.24. The summed E-state index contributed by atoms with van der Waals surface area (Å²) in [6.45, 7) is 1.30. The highest BCUT2D eigenvalue weighted by molar-refractivity contribution is 6.32. The summed E-state index contributed by atoms with van der Waals surface area (Å²) < 4.78 is 10.3. The van der Waals surface area contributed by atoms with Gasteiger partial charge in [-0.25, -0.2) is 0 Å². The van der Waals surface area contributed by atoms with Crippen LogP contribution in [-0.2, 0) is 6.54 Å². The number of halogens is 1. The van der Waals surface area contributed by atoms with Crippen molar-refractivity contribution in [2.45, 2.75) is 13.0 Å². The minimum absolute atomic E-state index is 0.487. The molecule has 0 unspecified atom stereocenters.